The summed E-state index contributed by atoms with van der Waals surface area (Å²) in [5, 5.41) is 9.12. The molecule has 0 radical (unpaired) electrons. The summed E-state index contributed by atoms with van der Waals surface area (Å²) in [5.74, 6) is -2.50. The van der Waals surface area contributed by atoms with Gasteiger partial charge in [-0.3, -0.25) is 9.48 Å². The Kier molecular flexibility index (Phi) is 7.11. The third kappa shape index (κ3) is 5.71. The summed E-state index contributed by atoms with van der Waals surface area (Å²) in [5.41, 5.74) is 2.62. The van der Waals surface area contributed by atoms with Crippen molar-refractivity contribution in [3.05, 3.63) is 40.5 Å². The van der Waals surface area contributed by atoms with Crippen molar-refractivity contribution in [1.82, 2.24) is 25.0 Å². The Morgan fingerprint density at radius 3 is 2.79 bits per heavy atom. The van der Waals surface area contributed by atoms with Crippen molar-refractivity contribution >= 4 is 28.1 Å². The second kappa shape index (κ2) is 10.5. The second-order valence-corrected chi connectivity index (χ2v) is 12.2. The normalized spacial score (nSPS) is 25.1. The number of thiazole rings is 1. The van der Waals surface area contributed by atoms with Crippen molar-refractivity contribution in [1.29, 1.82) is 0 Å². The average molecular weight is 544 g/mol. The van der Waals surface area contributed by atoms with Gasteiger partial charge in [0, 0.05) is 55.5 Å². The van der Waals surface area contributed by atoms with E-state index in [2.05, 4.69) is 20.3 Å². The molecule has 3 heterocycles. The molecular weight excluding hydrogens is 508 g/mol. The summed E-state index contributed by atoms with van der Waals surface area (Å²) in [6.07, 6.45) is 9.19. The number of rotatable bonds is 8. The molecule has 0 spiro atoms. The van der Waals surface area contributed by atoms with E-state index in [1.165, 1.54) is 22.6 Å². The summed E-state index contributed by atoms with van der Waals surface area (Å²) < 4.78 is 33.5. The minimum atomic E-state index is -2.54. The lowest BCUT2D eigenvalue weighted by molar-refractivity contribution is 0.0854. The summed E-state index contributed by atoms with van der Waals surface area (Å²) in [4.78, 5) is 21.3. The molecular formula is C28H35F2N5O2S. The number of hydrogen-bond acceptors (Lipinski definition) is 6. The van der Waals surface area contributed by atoms with Gasteiger partial charge in [0.2, 0.25) is 0 Å². The fourth-order valence-electron chi connectivity index (χ4n) is 5.88. The third-order valence-electron chi connectivity index (χ3n) is 8.39. The number of amides is 1. The van der Waals surface area contributed by atoms with Gasteiger partial charge in [-0.1, -0.05) is 17.4 Å². The van der Waals surface area contributed by atoms with Gasteiger partial charge in [-0.25, -0.2) is 13.8 Å². The zero-order chi connectivity index (χ0) is 26.3. The molecule has 1 atom stereocenters. The van der Waals surface area contributed by atoms with Gasteiger partial charge >= 0.3 is 0 Å². The van der Waals surface area contributed by atoms with E-state index in [0.717, 1.165) is 74.8 Å². The molecule has 2 saturated carbocycles. The number of aryl methyl sites for hydroxylation is 1. The van der Waals surface area contributed by atoms with Crippen molar-refractivity contribution in [2.24, 2.45) is 18.9 Å². The number of nitrogens with one attached hydrogen (secondary N) is 1. The zero-order valence-corrected chi connectivity index (χ0v) is 22.6. The molecule has 1 amide bonds. The first kappa shape index (κ1) is 25.7. The minimum absolute atomic E-state index is 0.00303. The number of carbonyl (C=O) groups is 1. The van der Waals surface area contributed by atoms with E-state index < -0.39 is 11.8 Å². The molecule has 2 aliphatic carbocycles. The average Bonchev–Trinajstić information content (AvgIpc) is 3.18. The van der Waals surface area contributed by atoms with Gasteiger partial charge in [0.25, 0.3) is 17.0 Å². The molecule has 6 rings (SSSR count). The van der Waals surface area contributed by atoms with Crippen molar-refractivity contribution in [2.75, 3.05) is 26.2 Å². The number of halogens is 2. The van der Waals surface area contributed by atoms with E-state index in [-0.39, 0.29) is 25.0 Å². The predicted molar refractivity (Wildman–Crippen MR) is 143 cm³/mol. The molecule has 1 N–H and O–H groups in total. The number of carbonyl (C=O) groups excluding carboxylic acids is 1. The number of fused-ring (bicyclic) bond motifs is 2. The van der Waals surface area contributed by atoms with Gasteiger partial charge < -0.3 is 15.0 Å². The highest BCUT2D eigenvalue weighted by molar-refractivity contribution is 7.13. The van der Waals surface area contributed by atoms with Gasteiger partial charge in [0.05, 0.1) is 29.3 Å². The van der Waals surface area contributed by atoms with E-state index in [9.17, 15) is 13.6 Å². The highest BCUT2D eigenvalue weighted by atomic mass is 32.1. The van der Waals surface area contributed by atoms with Crippen molar-refractivity contribution in [2.45, 2.75) is 63.3 Å². The Labute approximate surface area is 225 Å². The molecule has 0 bridgehead atoms. The van der Waals surface area contributed by atoms with Gasteiger partial charge in [0.1, 0.15) is 0 Å². The maximum Gasteiger partial charge on any atom is 0.273 e. The maximum absolute atomic E-state index is 13.1. The molecule has 2 fully saturated rings. The highest BCUT2D eigenvalue weighted by Crippen LogP contribution is 2.48. The first-order valence-electron chi connectivity index (χ1n) is 13.8. The number of alkyl halides is 2. The van der Waals surface area contributed by atoms with Gasteiger partial charge in [-0.2, -0.15) is 5.10 Å². The van der Waals surface area contributed by atoms with Gasteiger partial charge in [0.15, 0.2) is 0 Å². The minimum Gasteiger partial charge on any atom is -0.469 e. The number of nitrogens with zero attached hydrogens (tertiary/aromatic N) is 4. The largest absolute Gasteiger partial charge is 0.469 e. The second-order valence-electron chi connectivity index (χ2n) is 11.2. The van der Waals surface area contributed by atoms with Crippen LogP contribution in [0.2, 0.25) is 0 Å². The molecule has 7 nitrogen and oxygen atoms in total. The first-order valence-corrected chi connectivity index (χ1v) is 14.6. The van der Waals surface area contributed by atoms with E-state index >= 15 is 0 Å². The zero-order valence-electron chi connectivity index (χ0n) is 21.8. The van der Waals surface area contributed by atoms with Crippen LogP contribution >= 0.6 is 11.3 Å². The van der Waals surface area contributed by atoms with E-state index in [1.807, 2.05) is 31.4 Å². The van der Waals surface area contributed by atoms with Crippen LogP contribution in [-0.2, 0) is 19.9 Å². The first-order chi connectivity index (χ1) is 18.3. The standard InChI is InChI=1S/C28H35F2N5O2S/c1-34-16-22-21(3-2-4-23(22)33-34)26(36)31-20-7-5-18(6-8-20)9-12-35-13-10-24-25(11-14-35)38-27(32-24)37-17-19-15-28(19,29)30/h2-4,16,18-20H,5-15,17H2,1H3,(H,31,36). The van der Waals surface area contributed by atoms with E-state index in [4.69, 9.17) is 4.74 Å². The highest BCUT2D eigenvalue weighted by Gasteiger charge is 2.57. The van der Waals surface area contributed by atoms with E-state index in [0.29, 0.717) is 16.7 Å². The molecule has 3 aromatic rings. The number of aromatic nitrogens is 3. The molecule has 204 valence electrons. The Bertz CT molecular complexity index is 1270. The predicted octanol–water partition coefficient (Wildman–Crippen LogP) is 4.84. The SMILES string of the molecule is Cn1cc2c(C(=O)NC3CCC(CCN4CCc5nc(OCC6CC6(F)F)sc5CC4)CC3)cccc2n1. The lowest BCUT2D eigenvalue weighted by atomic mass is 9.84. The Morgan fingerprint density at radius 1 is 1.21 bits per heavy atom. The Balaban J connectivity index is 0.920. The molecule has 1 aromatic carbocycles. The topological polar surface area (TPSA) is 72.3 Å². The molecule has 3 aliphatic rings. The van der Waals surface area contributed by atoms with Crippen molar-refractivity contribution in [3.63, 3.8) is 0 Å². The van der Waals surface area contributed by atoms with E-state index in [1.54, 1.807) is 4.68 Å². The third-order valence-corrected chi connectivity index (χ3v) is 9.46. The summed E-state index contributed by atoms with van der Waals surface area (Å²) in [6, 6.07) is 5.94. The summed E-state index contributed by atoms with van der Waals surface area (Å²) in [6.45, 7) is 3.13. The van der Waals surface area contributed by atoms with Crippen LogP contribution in [0.3, 0.4) is 0 Å². The van der Waals surface area contributed by atoms with Crippen LogP contribution < -0.4 is 10.1 Å². The van der Waals surface area contributed by atoms with Crippen LogP contribution in [0.1, 0.15) is 59.5 Å². The summed E-state index contributed by atoms with van der Waals surface area (Å²) in [7, 11) is 1.87. The van der Waals surface area contributed by atoms with Crippen LogP contribution in [0, 0.1) is 11.8 Å². The van der Waals surface area contributed by atoms with Gasteiger partial charge in [-0.15, -0.1) is 0 Å². The number of ether oxygens (including phenoxy) is 1. The summed E-state index contributed by atoms with van der Waals surface area (Å²) >= 11 is 1.53. The van der Waals surface area contributed by atoms with Crippen LogP contribution in [0.4, 0.5) is 8.78 Å². The lowest BCUT2D eigenvalue weighted by Gasteiger charge is -2.30. The van der Waals surface area contributed by atoms with Crippen LogP contribution in [0.25, 0.3) is 10.9 Å². The number of hydrogen-bond donors (Lipinski definition) is 1. The molecule has 1 aliphatic heterocycles. The monoisotopic (exact) mass is 543 g/mol. The van der Waals surface area contributed by atoms with Crippen LogP contribution in [0.5, 0.6) is 5.19 Å². The van der Waals surface area contributed by atoms with Gasteiger partial charge in [-0.05, 0) is 63.1 Å². The molecule has 10 heteroatoms. The Hall–Kier alpha value is -2.59. The Morgan fingerprint density at radius 2 is 2.00 bits per heavy atom. The molecule has 38 heavy (non-hydrogen) atoms. The van der Waals surface area contributed by atoms with Crippen molar-refractivity contribution in [3.8, 4) is 5.19 Å². The fourth-order valence-corrected chi connectivity index (χ4v) is 6.83. The molecule has 0 saturated heterocycles. The smallest absolute Gasteiger partial charge is 0.273 e. The number of benzene rings is 1. The van der Waals surface area contributed by atoms with Crippen LogP contribution in [0.15, 0.2) is 24.4 Å². The molecule has 1 unspecified atom stereocenters. The molecule has 2 aromatic heterocycles. The quantitative estimate of drug-likeness (QED) is 0.440. The maximum atomic E-state index is 13.1. The lowest BCUT2D eigenvalue weighted by Crippen LogP contribution is -2.38. The van der Waals surface area contributed by atoms with Crippen LogP contribution in [-0.4, -0.2) is 63.8 Å². The van der Waals surface area contributed by atoms with Crippen molar-refractivity contribution < 1.29 is 18.3 Å². The fraction of sp³-hybridized carbons (Fsp3) is 0.607.